The molecule has 0 bridgehead atoms. The van der Waals surface area contributed by atoms with Crippen molar-refractivity contribution in [3.63, 3.8) is 0 Å². The molecule has 13 rings (SSSR count). The Labute approximate surface area is 357 Å². The molecule has 12 aromatic rings. The van der Waals surface area contributed by atoms with Gasteiger partial charge in [-0.15, -0.1) is 0 Å². The monoisotopic (exact) mass is 794 g/mol. The van der Waals surface area contributed by atoms with E-state index in [9.17, 15) is 0 Å². The Hall–Kier alpha value is -8.02. The zero-order chi connectivity index (χ0) is 40.9. The summed E-state index contributed by atoms with van der Waals surface area (Å²) in [5, 5.41) is 7.13. The van der Waals surface area contributed by atoms with Gasteiger partial charge in [0.05, 0.1) is 33.3 Å². The highest BCUT2D eigenvalue weighted by Gasteiger charge is 2.26. The van der Waals surface area contributed by atoms with E-state index in [1.54, 1.807) is 0 Å². The molecule has 5 heteroatoms. The lowest BCUT2D eigenvalue weighted by molar-refractivity contribution is 0.584. The second-order valence-corrected chi connectivity index (χ2v) is 16.6. The Morgan fingerprint density at radius 1 is 0.500 bits per heavy atom. The summed E-state index contributed by atoms with van der Waals surface area (Å²) in [5.41, 5.74) is 15.3. The van der Waals surface area contributed by atoms with E-state index in [4.69, 9.17) is 14.4 Å². The summed E-state index contributed by atoms with van der Waals surface area (Å²) in [5.74, 6) is 2.07. The van der Waals surface area contributed by atoms with Crippen LogP contribution in [0.15, 0.2) is 192 Å². The number of para-hydroxylation sites is 2. The van der Waals surface area contributed by atoms with Crippen LogP contribution in [0, 0.1) is 5.92 Å². The number of furan rings is 1. The van der Waals surface area contributed by atoms with Crippen molar-refractivity contribution in [1.82, 2.24) is 19.1 Å². The largest absolute Gasteiger partial charge is 0.456 e. The zero-order valence-electron chi connectivity index (χ0n) is 34.0. The SMILES string of the molecule is CC1C=Cc2oc3ccc4c5c6c7ccccc7n(-c7cccc(-c8ccccc8)c7)c6ccc5n(-c5ccc(-c6nc(-c7ccccc7)c7ccccc7n6)cc5)c4c3c2C1. The first-order chi connectivity index (χ1) is 30.7. The smallest absolute Gasteiger partial charge is 0.160 e. The summed E-state index contributed by atoms with van der Waals surface area (Å²) in [7, 11) is 0. The third-order valence-corrected chi connectivity index (χ3v) is 12.9. The molecule has 292 valence electrons. The number of aromatic nitrogens is 4. The molecule has 8 aromatic carbocycles. The number of nitrogens with zero attached hydrogens (tertiary/aromatic N) is 4. The van der Waals surface area contributed by atoms with E-state index >= 15 is 0 Å². The third-order valence-electron chi connectivity index (χ3n) is 12.9. The first-order valence-electron chi connectivity index (χ1n) is 21.4. The van der Waals surface area contributed by atoms with Crippen molar-refractivity contribution in [3.8, 4) is 45.1 Å². The standard InChI is InChI=1S/C57H38N4O/c1-35-23-31-50-45(33-35)54-51(62-50)32-28-44-53-49(30-29-48-52(53)43-20-9-11-22-47(43)60(48)41-18-12-17-39(34-41)36-13-4-2-5-14-36)61(56(44)54)40-26-24-38(25-27-40)57-58-46-21-10-8-19-42(46)55(59-57)37-15-6-3-7-16-37/h2-32,34-35H,33H2,1H3. The van der Waals surface area contributed by atoms with Gasteiger partial charge in [0.2, 0.25) is 0 Å². The van der Waals surface area contributed by atoms with Crippen LogP contribution in [-0.2, 0) is 6.42 Å². The van der Waals surface area contributed by atoms with Crippen molar-refractivity contribution in [2.75, 3.05) is 0 Å². The molecule has 1 aliphatic rings. The molecular weight excluding hydrogens is 757 g/mol. The molecule has 0 fully saturated rings. The second-order valence-electron chi connectivity index (χ2n) is 16.6. The van der Waals surface area contributed by atoms with Gasteiger partial charge >= 0.3 is 0 Å². The average molecular weight is 795 g/mol. The molecule has 0 saturated heterocycles. The maximum absolute atomic E-state index is 6.64. The third kappa shape index (κ3) is 5.21. The van der Waals surface area contributed by atoms with Crippen LogP contribution in [0.4, 0.5) is 0 Å². The van der Waals surface area contributed by atoms with Gasteiger partial charge in [-0.2, -0.15) is 0 Å². The molecule has 1 atom stereocenters. The van der Waals surface area contributed by atoms with Crippen LogP contribution in [0.5, 0.6) is 0 Å². The highest BCUT2D eigenvalue weighted by Crippen LogP contribution is 2.47. The van der Waals surface area contributed by atoms with Crippen LogP contribution in [0.2, 0.25) is 0 Å². The maximum atomic E-state index is 6.64. The van der Waals surface area contributed by atoms with Gasteiger partial charge in [-0.3, -0.25) is 0 Å². The average Bonchev–Trinajstić information content (AvgIpc) is 3.99. The van der Waals surface area contributed by atoms with Crippen molar-refractivity contribution in [3.05, 3.63) is 199 Å². The number of hydrogen-bond acceptors (Lipinski definition) is 3. The first-order valence-corrected chi connectivity index (χ1v) is 21.4. The maximum Gasteiger partial charge on any atom is 0.160 e. The molecule has 0 aliphatic heterocycles. The van der Waals surface area contributed by atoms with Crippen LogP contribution in [-0.4, -0.2) is 19.1 Å². The van der Waals surface area contributed by atoms with Crippen molar-refractivity contribution in [2.45, 2.75) is 13.3 Å². The molecule has 4 heterocycles. The lowest BCUT2D eigenvalue weighted by Crippen LogP contribution is -2.02. The minimum Gasteiger partial charge on any atom is -0.456 e. The van der Waals surface area contributed by atoms with E-state index in [1.165, 1.54) is 60.2 Å². The highest BCUT2D eigenvalue weighted by molar-refractivity contribution is 6.31. The van der Waals surface area contributed by atoms with Crippen LogP contribution in [0.1, 0.15) is 18.2 Å². The summed E-state index contributed by atoms with van der Waals surface area (Å²) < 4.78 is 11.5. The Balaban J connectivity index is 1.07. The fourth-order valence-corrected chi connectivity index (χ4v) is 10.1. The normalized spacial score (nSPS) is 13.9. The van der Waals surface area contributed by atoms with Crippen LogP contribution >= 0.6 is 0 Å². The number of benzene rings is 8. The van der Waals surface area contributed by atoms with E-state index in [-0.39, 0.29) is 0 Å². The van der Waals surface area contributed by atoms with Gasteiger partial charge in [0.25, 0.3) is 0 Å². The summed E-state index contributed by atoms with van der Waals surface area (Å²) >= 11 is 0. The Morgan fingerprint density at radius 3 is 2.02 bits per heavy atom. The van der Waals surface area contributed by atoms with E-state index < -0.39 is 0 Å². The molecule has 0 radical (unpaired) electrons. The number of hydrogen-bond donors (Lipinski definition) is 0. The molecule has 1 aliphatic carbocycles. The topological polar surface area (TPSA) is 48.8 Å². The molecule has 4 aromatic heterocycles. The van der Waals surface area contributed by atoms with Gasteiger partial charge in [0, 0.05) is 60.4 Å². The molecule has 1 unspecified atom stereocenters. The predicted molar refractivity (Wildman–Crippen MR) is 256 cm³/mol. The summed E-state index contributed by atoms with van der Waals surface area (Å²) in [6.45, 7) is 2.29. The van der Waals surface area contributed by atoms with E-state index in [2.05, 4.69) is 198 Å². The van der Waals surface area contributed by atoms with E-state index in [0.717, 1.165) is 62.4 Å². The van der Waals surface area contributed by atoms with E-state index in [1.807, 2.05) is 12.1 Å². The van der Waals surface area contributed by atoms with Crippen LogP contribution < -0.4 is 0 Å². The highest BCUT2D eigenvalue weighted by atomic mass is 16.3. The number of fused-ring (bicyclic) bond motifs is 12. The van der Waals surface area contributed by atoms with Crippen molar-refractivity contribution < 1.29 is 4.42 Å². The van der Waals surface area contributed by atoms with Crippen LogP contribution in [0.3, 0.4) is 0 Å². The van der Waals surface area contributed by atoms with Crippen molar-refractivity contribution >= 4 is 71.6 Å². The summed E-state index contributed by atoms with van der Waals surface area (Å²) in [6, 6.07) is 65.0. The lowest BCUT2D eigenvalue weighted by Gasteiger charge is -2.13. The minimum atomic E-state index is 0.412. The van der Waals surface area contributed by atoms with Gasteiger partial charge < -0.3 is 13.6 Å². The summed E-state index contributed by atoms with van der Waals surface area (Å²) in [4.78, 5) is 10.3. The first kappa shape index (κ1) is 34.8. The van der Waals surface area contributed by atoms with Gasteiger partial charge in [-0.1, -0.05) is 122 Å². The Kier molecular flexibility index (Phi) is 7.58. The molecule has 0 N–H and O–H groups in total. The quantitative estimate of drug-likeness (QED) is 0.174. The second kappa shape index (κ2) is 13.5. The molecule has 0 spiro atoms. The number of allylic oxidation sites excluding steroid dienone is 1. The lowest BCUT2D eigenvalue weighted by atomic mass is 9.92. The summed E-state index contributed by atoms with van der Waals surface area (Å²) in [6.07, 6.45) is 5.35. The van der Waals surface area contributed by atoms with E-state index in [0.29, 0.717) is 11.7 Å². The van der Waals surface area contributed by atoms with Gasteiger partial charge in [0.15, 0.2) is 5.82 Å². The number of rotatable bonds is 5. The fraction of sp³-hybridized carbons (Fsp3) is 0.0526. The molecule has 5 nitrogen and oxygen atoms in total. The molecule has 0 amide bonds. The predicted octanol–water partition coefficient (Wildman–Crippen LogP) is 14.8. The minimum absolute atomic E-state index is 0.412. The van der Waals surface area contributed by atoms with Crippen molar-refractivity contribution in [2.24, 2.45) is 5.92 Å². The molecular formula is C57H38N4O. The van der Waals surface area contributed by atoms with Gasteiger partial charge in [-0.25, -0.2) is 9.97 Å². The fourth-order valence-electron chi connectivity index (χ4n) is 10.1. The van der Waals surface area contributed by atoms with Crippen LogP contribution in [0.25, 0.3) is 117 Å². The van der Waals surface area contributed by atoms with Crippen molar-refractivity contribution in [1.29, 1.82) is 0 Å². The Morgan fingerprint density at radius 2 is 1.19 bits per heavy atom. The van der Waals surface area contributed by atoms with Gasteiger partial charge in [0.1, 0.15) is 11.3 Å². The zero-order valence-corrected chi connectivity index (χ0v) is 34.0. The Bertz CT molecular complexity index is 3780. The molecule has 0 saturated carbocycles. The van der Waals surface area contributed by atoms with Gasteiger partial charge in [-0.05, 0) is 102 Å². The molecule has 62 heavy (non-hydrogen) atoms.